The zero-order chi connectivity index (χ0) is 20.4. The van der Waals surface area contributed by atoms with Gasteiger partial charge in [0.2, 0.25) is 0 Å². The second-order valence-corrected chi connectivity index (χ2v) is 6.70. The maximum absolute atomic E-state index is 12.7. The highest BCUT2D eigenvalue weighted by Crippen LogP contribution is 2.26. The summed E-state index contributed by atoms with van der Waals surface area (Å²) in [5.74, 6) is 0.990. The van der Waals surface area contributed by atoms with Gasteiger partial charge in [0.15, 0.2) is 11.6 Å². The Hall–Kier alpha value is -3.60. The van der Waals surface area contributed by atoms with E-state index in [2.05, 4.69) is 20.3 Å². The van der Waals surface area contributed by atoms with Crippen LogP contribution in [0.3, 0.4) is 0 Å². The van der Waals surface area contributed by atoms with E-state index in [-0.39, 0.29) is 22.2 Å². The Kier molecular flexibility index (Phi) is 5.04. The number of piperazine rings is 1. The molecule has 1 amide bonds. The Balaban J connectivity index is 1.41. The third-order valence-corrected chi connectivity index (χ3v) is 4.89. The van der Waals surface area contributed by atoms with E-state index in [4.69, 9.17) is 11.6 Å². The van der Waals surface area contributed by atoms with E-state index < -0.39 is 4.92 Å². The molecular formula is C17H15ClN8O3. The van der Waals surface area contributed by atoms with Gasteiger partial charge in [-0.2, -0.15) is 5.10 Å². The number of rotatable bonds is 4. The zero-order valence-corrected chi connectivity index (χ0v) is 15.8. The van der Waals surface area contributed by atoms with Gasteiger partial charge in [0.05, 0.1) is 4.92 Å². The van der Waals surface area contributed by atoms with Gasteiger partial charge in [-0.25, -0.2) is 9.67 Å². The molecule has 0 saturated carbocycles. The molecule has 148 valence electrons. The molecule has 1 fully saturated rings. The summed E-state index contributed by atoms with van der Waals surface area (Å²) >= 11 is 5.82. The van der Waals surface area contributed by atoms with E-state index in [1.54, 1.807) is 11.0 Å². The molecule has 3 aromatic rings. The summed E-state index contributed by atoms with van der Waals surface area (Å²) in [4.78, 5) is 30.7. The molecule has 2 aromatic heterocycles. The number of benzene rings is 1. The van der Waals surface area contributed by atoms with Crippen LogP contribution in [0.5, 0.6) is 0 Å². The number of amides is 1. The molecule has 0 aliphatic carbocycles. The van der Waals surface area contributed by atoms with E-state index in [1.165, 1.54) is 35.5 Å². The standard InChI is InChI=1S/C17H15ClN8O3/c18-13-2-1-12(9-14(13)26(28)29)17(27)24-7-5-23(6-8-24)15-3-4-16(22-21-15)25-11-19-10-20-25/h1-4,9-11H,5-8H2. The van der Waals surface area contributed by atoms with Crippen LogP contribution in [-0.2, 0) is 0 Å². The first-order valence-electron chi connectivity index (χ1n) is 8.70. The summed E-state index contributed by atoms with van der Waals surface area (Å²) < 4.78 is 1.51. The Morgan fingerprint density at radius 2 is 1.79 bits per heavy atom. The van der Waals surface area contributed by atoms with Crippen molar-refractivity contribution in [3.63, 3.8) is 0 Å². The van der Waals surface area contributed by atoms with Crippen LogP contribution >= 0.6 is 11.6 Å². The second-order valence-electron chi connectivity index (χ2n) is 6.29. The lowest BCUT2D eigenvalue weighted by molar-refractivity contribution is -0.384. The zero-order valence-electron chi connectivity index (χ0n) is 15.1. The Labute approximate surface area is 169 Å². The van der Waals surface area contributed by atoms with Crippen molar-refractivity contribution in [2.24, 2.45) is 0 Å². The van der Waals surface area contributed by atoms with E-state index in [1.807, 2.05) is 11.0 Å². The van der Waals surface area contributed by atoms with Crippen LogP contribution in [0.15, 0.2) is 43.0 Å². The minimum Gasteiger partial charge on any atom is -0.352 e. The van der Waals surface area contributed by atoms with E-state index in [0.717, 1.165) is 0 Å². The molecule has 1 saturated heterocycles. The van der Waals surface area contributed by atoms with Crippen molar-refractivity contribution in [1.82, 2.24) is 29.9 Å². The van der Waals surface area contributed by atoms with Gasteiger partial charge < -0.3 is 9.80 Å². The van der Waals surface area contributed by atoms with Gasteiger partial charge in [0.25, 0.3) is 11.6 Å². The Morgan fingerprint density at radius 3 is 2.41 bits per heavy atom. The third-order valence-electron chi connectivity index (χ3n) is 4.57. The lowest BCUT2D eigenvalue weighted by atomic mass is 10.1. The van der Waals surface area contributed by atoms with Crippen molar-refractivity contribution in [3.8, 4) is 5.82 Å². The lowest BCUT2D eigenvalue weighted by Crippen LogP contribution is -2.49. The van der Waals surface area contributed by atoms with Crippen LogP contribution < -0.4 is 4.90 Å². The summed E-state index contributed by atoms with van der Waals surface area (Å²) in [6.45, 7) is 2.06. The smallest absolute Gasteiger partial charge is 0.288 e. The minimum absolute atomic E-state index is 0.00397. The van der Waals surface area contributed by atoms with Gasteiger partial charge in [-0.05, 0) is 24.3 Å². The molecule has 11 nitrogen and oxygen atoms in total. The van der Waals surface area contributed by atoms with Gasteiger partial charge in [-0.1, -0.05) is 11.6 Å². The van der Waals surface area contributed by atoms with E-state index in [0.29, 0.717) is 37.8 Å². The maximum atomic E-state index is 12.7. The number of anilines is 1. The highest BCUT2D eigenvalue weighted by atomic mass is 35.5. The van der Waals surface area contributed by atoms with E-state index in [9.17, 15) is 14.9 Å². The summed E-state index contributed by atoms with van der Waals surface area (Å²) in [5.41, 5.74) is -0.0366. The number of nitro groups is 1. The fourth-order valence-electron chi connectivity index (χ4n) is 3.04. The van der Waals surface area contributed by atoms with Crippen molar-refractivity contribution in [2.75, 3.05) is 31.1 Å². The number of carbonyl (C=O) groups is 1. The fraction of sp³-hybridized carbons (Fsp3) is 0.235. The highest BCUT2D eigenvalue weighted by Gasteiger charge is 2.25. The number of hydrogen-bond acceptors (Lipinski definition) is 8. The first-order valence-corrected chi connectivity index (χ1v) is 9.07. The monoisotopic (exact) mass is 414 g/mol. The van der Waals surface area contributed by atoms with Gasteiger partial charge in [-0.3, -0.25) is 14.9 Å². The Bertz CT molecular complexity index is 1030. The second kappa shape index (κ2) is 7.80. The molecule has 0 unspecified atom stereocenters. The number of hydrogen-bond donors (Lipinski definition) is 0. The fourth-order valence-corrected chi connectivity index (χ4v) is 3.23. The minimum atomic E-state index is -0.599. The first-order chi connectivity index (χ1) is 14.0. The number of nitro benzene ring substituents is 1. The topological polar surface area (TPSA) is 123 Å². The summed E-state index contributed by atoms with van der Waals surface area (Å²) in [5, 5.41) is 23.4. The predicted octanol–water partition coefficient (Wildman–Crippen LogP) is 1.58. The number of aromatic nitrogens is 5. The molecule has 1 aromatic carbocycles. The molecule has 0 atom stereocenters. The molecule has 4 rings (SSSR count). The van der Waals surface area contributed by atoms with Crippen LogP contribution in [0.1, 0.15) is 10.4 Å². The van der Waals surface area contributed by atoms with Crippen molar-refractivity contribution in [1.29, 1.82) is 0 Å². The van der Waals surface area contributed by atoms with Crippen LogP contribution in [0, 0.1) is 10.1 Å². The van der Waals surface area contributed by atoms with E-state index >= 15 is 0 Å². The molecule has 0 radical (unpaired) electrons. The van der Waals surface area contributed by atoms with Crippen molar-refractivity contribution in [2.45, 2.75) is 0 Å². The predicted molar refractivity (Wildman–Crippen MR) is 103 cm³/mol. The first kappa shape index (κ1) is 18.7. The molecule has 0 N–H and O–H groups in total. The quantitative estimate of drug-likeness (QED) is 0.465. The molecular weight excluding hydrogens is 400 g/mol. The van der Waals surface area contributed by atoms with Crippen LogP contribution in [0.4, 0.5) is 11.5 Å². The van der Waals surface area contributed by atoms with Gasteiger partial charge in [-0.15, -0.1) is 10.2 Å². The van der Waals surface area contributed by atoms with Gasteiger partial charge in [0, 0.05) is 37.8 Å². The largest absolute Gasteiger partial charge is 0.352 e. The third kappa shape index (κ3) is 3.85. The highest BCUT2D eigenvalue weighted by molar-refractivity contribution is 6.32. The van der Waals surface area contributed by atoms with Crippen LogP contribution in [-0.4, -0.2) is 66.9 Å². The van der Waals surface area contributed by atoms with Crippen molar-refractivity contribution < 1.29 is 9.72 Å². The lowest BCUT2D eigenvalue weighted by Gasteiger charge is -2.35. The summed E-state index contributed by atoms with van der Waals surface area (Å²) in [6.07, 6.45) is 2.95. The normalized spacial score (nSPS) is 14.1. The maximum Gasteiger partial charge on any atom is 0.288 e. The van der Waals surface area contributed by atoms with Crippen molar-refractivity contribution in [3.05, 3.63) is 63.7 Å². The van der Waals surface area contributed by atoms with Crippen LogP contribution in [0.2, 0.25) is 5.02 Å². The number of halogens is 1. The molecule has 1 aliphatic heterocycles. The number of carbonyl (C=O) groups excluding carboxylic acids is 1. The average Bonchev–Trinajstić information content (AvgIpc) is 3.29. The van der Waals surface area contributed by atoms with Crippen molar-refractivity contribution >= 4 is 29.0 Å². The van der Waals surface area contributed by atoms with Gasteiger partial charge >= 0.3 is 0 Å². The van der Waals surface area contributed by atoms with Crippen LogP contribution in [0.25, 0.3) is 5.82 Å². The molecule has 3 heterocycles. The summed E-state index contributed by atoms with van der Waals surface area (Å²) in [6, 6.07) is 7.71. The molecule has 0 spiro atoms. The van der Waals surface area contributed by atoms with Gasteiger partial charge in [0.1, 0.15) is 17.7 Å². The molecule has 12 heteroatoms. The summed E-state index contributed by atoms with van der Waals surface area (Å²) in [7, 11) is 0. The average molecular weight is 415 g/mol. The molecule has 1 aliphatic rings. The SMILES string of the molecule is O=C(c1ccc(Cl)c([N+](=O)[O-])c1)N1CCN(c2ccc(-n3cncn3)nn2)CC1. The molecule has 29 heavy (non-hydrogen) atoms. The number of nitrogens with zero attached hydrogens (tertiary/aromatic N) is 8. The molecule has 0 bridgehead atoms. The Morgan fingerprint density at radius 1 is 1.07 bits per heavy atom.